The molecule has 0 aliphatic heterocycles. The topological polar surface area (TPSA) is 34.1 Å². The van der Waals surface area contributed by atoms with Gasteiger partial charge in [0.15, 0.2) is 0 Å². The first-order chi connectivity index (χ1) is 5.90. The summed E-state index contributed by atoms with van der Waals surface area (Å²) in [6.45, 7) is 7.87. The SMILES string of the molecule is CC(=O)CCC(C)C(C)(C)CC=O. The Balaban J connectivity index is 3.99. The summed E-state index contributed by atoms with van der Waals surface area (Å²) < 4.78 is 0. The number of ketones is 1. The van der Waals surface area contributed by atoms with Crippen LogP contribution in [-0.2, 0) is 9.59 Å². The summed E-state index contributed by atoms with van der Waals surface area (Å²) in [6, 6.07) is 0. The Labute approximate surface area is 80.7 Å². The summed E-state index contributed by atoms with van der Waals surface area (Å²) in [4.78, 5) is 21.2. The Morgan fingerprint density at radius 3 is 2.38 bits per heavy atom. The Morgan fingerprint density at radius 2 is 2.00 bits per heavy atom. The molecule has 0 aliphatic rings. The van der Waals surface area contributed by atoms with Crippen LogP contribution in [0.4, 0.5) is 0 Å². The number of hydrogen-bond donors (Lipinski definition) is 0. The molecule has 0 amide bonds. The van der Waals surface area contributed by atoms with E-state index in [1.165, 1.54) is 0 Å². The van der Waals surface area contributed by atoms with Crippen molar-refractivity contribution in [2.24, 2.45) is 11.3 Å². The van der Waals surface area contributed by atoms with Crippen LogP contribution >= 0.6 is 0 Å². The minimum absolute atomic E-state index is 0.0250. The number of carbonyl (C=O) groups excluding carboxylic acids is 2. The molecule has 0 aromatic heterocycles. The number of rotatable bonds is 6. The van der Waals surface area contributed by atoms with Crippen LogP contribution in [0.3, 0.4) is 0 Å². The molecule has 0 aromatic carbocycles. The van der Waals surface area contributed by atoms with Crippen LogP contribution in [0.15, 0.2) is 0 Å². The average molecular weight is 184 g/mol. The summed E-state index contributed by atoms with van der Waals surface area (Å²) in [5, 5.41) is 0. The molecule has 0 fully saturated rings. The molecule has 0 saturated heterocycles. The van der Waals surface area contributed by atoms with Crippen LogP contribution in [0.2, 0.25) is 0 Å². The fourth-order valence-electron chi connectivity index (χ4n) is 1.23. The highest BCUT2D eigenvalue weighted by Crippen LogP contribution is 2.32. The van der Waals surface area contributed by atoms with Gasteiger partial charge in [-0.3, -0.25) is 0 Å². The van der Waals surface area contributed by atoms with Crippen molar-refractivity contribution >= 4 is 12.1 Å². The van der Waals surface area contributed by atoms with E-state index in [4.69, 9.17) is 0 Å². The summed E-state index contributed by atoms with van der Waals surface area (Å²) in [6.07, 6.45) is 3.05. The third-order valence-corrected chi connectivity index (χ3v) is 2.87. The molecule has 0 aromatic rings. The lowest BCUT2D eigenvalue weighted by Crippen LogP contribution is -2.22. The molecule has 1 unspecified atom stereocenters. The highest BCUT2D eigenvalue weighted by atomic mass is 16.1. The molecule has 0 heterocycles. The van der Waals surface area contributed by atoms with Gasteiger partial charge in [-0.05, 0) is 24.7 Å². The van der Waals surface area contributed by atoms with Gasteiger partial charge in [-0.25, -0.2) is 0 Å². The zero-order valence-corrected chi connectivity index (χ0v) is 9.09. The van der Waals surface area contributed by atoms with Gasteiger partial charge < -0.3 is 9.59 Å². The van der Waals surface area contributed by atoms with E-state index in [1.54, 1.807) is 6.92 Å². The number of aldehydes is 1. The third-order valence-electron chi connectivity index (χ3n) is 2.87. The van der Waals surface area contributed by atoms with Gasteiger partial charge in [0.2, 0.25) is 0 Å². The molecule has 0 N–H and O–H groups in total. The molecule has 0 radical (unpaired) electrons. The van der Waals surface area contributed by atoms with E-state index in [0.29, 0.717) is 18.8 Å². The lowest BCUT2D eigenvalue weighted by molar-refractivity contribution is -0.117. The van der Waals surface area contributed by atoms with Crippen molar-refractivity contribution in [1.82, 2.24) is 0 Å². The third kappa shape index (κ3) is 4.81. The average Bonchev–Trinajstić information content (AvgIpc) is 1.99. The lowest BCUT2D eigenvalue weighted by atomic mass is 9.75. The van der Waals surface area contributed by atoms with E-state index in [0.717, 1.165) is 12.7 Å². The first-order valence-electron chi connectivity index (χ1n) is 4.83. The normalized spacial score (nSPS) is 13.8. The molecular formula is C11H20O2. The van der Waals surface area contributed by atoms with Gasteiger partial charge in [0.1, 0.15) is 12.1 Å². The first-order valence-corrected chi connectivity index (χ1v) is 4.83. The fraction of sp³-hybridized carbons (Fsp3) is 0.818. The summed E-state index contributed by atoms with van der Waals surface area (Å²) in [7, 11) is 0. The number of Topliss-reactive ketones (excluding diaryl/α,β-unsaturated/α-hetero) is 1. The van der Waals surface area contributed by atoms with Crippen LogP contribution < -0.4 is 0 Å². The standard InChI is InChI=1S/C11H20O2/c1-9(5-6-10(2)13)11(3,4)7-8-12/h8-9H,5-7H2,1-4H3. The molecule has 0 aliphatic carbocycles. The summed E-state index contributed by atoms with van der Waals surface area (Å²) in [5.74, 6) is 0.648. The minimum atomic E-state index is 0.0250. The molecule has 0 bridgehead atoms. The zero-order chi connectivity index (χ0) is 10.5. The van der Waals surface area contributed by atoms with E-state index in [9.17, 15) is 9.59 Å². The van der Waals surface area contributed by atoms with Gasteiger partial charge >= 0.3 is 0 Å². The molecule has 76 valence electrons. The van der Waals surface area contributed by atoms with Gasteiger partial charge in [0, 0.05) is 12.8 Å². The predicted octanol–water partition coefficient (Wildman–Crippen LogP) is 2.61. The second-order valence-corrected chi connectivity index (χ2v) is 4.50. The number of hydrogen-bond acceptors (Lipinski definition) is 2. The van der Waals surface area contributed by atoms with Crippen molar-refractivity contribution in [2.45, 2.75) is 47.0 Å². The van der Waals surface area contributed by atoms with Crippen LogP contribution in [-0.4, -0.2) is 12.1 Å². The van der Waals surface area contributed by atoms with Crippen molar-refractivity contribution in [3.8, 4) is 0 Å². The highest BCUT2D eigenvalue weighted by molar-refractivity contribution is 5.75. The molecular weight excluding hydrogens is 164 g/mol. The maximum atomic E-state index is 10.8. The fourth-order valence-corrected chi connectivity index (χ4v) is 1.23. The van der Waals surface area contributed by atoms with E-state index in [-0.39, 0.29) is 11.2 Å². The quantitative estimate of drug-likeness (QED) is 0.595. The van der Waals surface area contributed by atoms with Crippen molar-refractivity contribution in [2.75, 3.05) is 0 Å². The van der Waals surface area contributed by atoms with Crippen molar-refractivity contribution in [3.05, 3.63) is 0 Å². The summed E-state index contributed by atoms with van der Waals surface area (Å²) in [5.41, 5.74) is 0.0250. The Bertz CT molecular complexity index is 183. The zero-order valence-electron chi connectivity index (χ0n) is 9.09. The Morgan fingerprint density at radius 1 is 1.46 bits per heavy atom. The Kier molecular flexibility index (Phi) is 4.89. The molecule has 2 heteroatoms. The van der Waals surface area contributed by atoms with Crippen LogP contribution in [0.5, 0.6) is 0 Å². The highest BCUT2D eigenvalue weighted by Gasteiger charge is 2.25. The maximum Gasteiger partial charge on any atom is 0.129 e. The van der Waals surface area contributed by atoms with E-state index in [1.807, 2.05) is 0 Å². The van der Waals surface area contributed by atoms with Gasteiger partial charge in [-0.1, -0.05) is 20.8 Å². The largest absolute Gasteiger partial charge is 0.303 e. The van der Waals surface area contributed by atoms with Gasteiger partial charge in [0.25, 0.3) is 0 Å². The summed E-state index contributed by atoms with van der Waals surface area (Å²) >= 11 is 0. The maximum absolute atomic E-state index is 10.8. The van der Waals surface area contributed by atoms with Crippen LogP contribution in [0.1, 0.15) is 47.0 Å². The first kappa shape index (κ1) is 12.3. The monoisotopic (exact) mass is 184 g/mol. The lowest BCUT2D eigenvalue weighted by Gasteiger charge is -2.29. The molecule has 0 rings (SSSR count). The Hall–Kier alpha value is -0.660. The molecule has 0 spiro atoms. The van der Waals surface area contributed by atoms with Crippen molar-refractivity contribution in [1.29, 1.82) is 0 Å². The van der Waals surface area contributed by atoms with Crippen molar-refractivity contribution < 1.29 is 9.59 Å². The molecule has 2 nitrogen and oxygen atoms in total. The van der Waals surface area contributed by atoms with Crippen LogP contribution in [0, 0.1) is 11.3 Å². The molecule has 13 heavy (non-hydrogen) atoms. The van der Waals surface area contributed by atoms with Crippen LogP contribution in [0.25, 0.3) is 0 Å². The molecule has 1 atom stereocenters. The predicted molar refractivity (Wildman–Crippen MR) is 53.5 cm³/mol. The smallest absolute Gasteiger partial charge is 0.129 e. The second kappa shape index (κ2) is 5.15. The van der Waals surface area contributed by atoms with E-state index >= 15 is 0 Å². The second-order valence-electron chi connectivity index (χ2n) is 4.50. The van der Waals surface area contributed by atoms with E-state index < -0.39 is 0 Å². The molecule has 0 saturated carbocycles. The number of carbonyl (C=O) groups is 2. The van der Waals surface area contributed by atoms with E-state index in [2.05, 4.69) is 20.8 Å². The minimum Gasteiger partial charge on any atom is -0.303 e. The van der Waals surface area contributed by atoms with Crippen molar-refractivity contribution in [3.63, 3.8) is 0 Å². The van der Waals surface area contributed by atoms with Gasteiger partial charge in [-0.2, -0.15) is 0 Å². The van der Waals surface area contributed by atoms with Gasteiger partial charge in [0.05, 0.1) is 0 Å². The van der Waals surface area contributed by atoms with Gasteiger partial charge in [-0.15, -0.1) is 0 Å².